The lowest BCUT2D eigenvalue weighted by Crippen LogP contribution is -2.23. The Kier molecular flexibility index (Phi) is 25.1. The van der Waals surface area contributed by atoms with E-state index in [1.54, 1.807) is 6.92 Å². The van der Waals surface area contributed by atoms with Gasteiger partial charge in [-0.15, -0.1) is 6.42 Å². The zero-order valence-electron chi connectivity index (χ0n) is 16.8. The Morgan fingerprint density at radius 2 is 1.78 bits per heavy atom. The van der Waals surface area contributed by atoms with Gasteiger partial charge in [0.1, 0.15) is 0 Å². The predicted molar refractivity (Wildman–Crippen MR) is 104 cm³/mol. The number of nitrogens with one attached hydrogen (secondary N) is 1. The first-order valence-corrected chi connectivity index (χ1v) is 8.95. The third-order valence-electron chi connectivity index (χ3n) is 2.84. The highest BCUT2D eigenvalue weighted by atomic mass is 16.6. The molecule has 9 heteroatoms. The van der Waals surface area contributed by atoms with Crippen molar-refractivity contribution < 1.29 is 30.0 Å². The molecule has 9 nitrogen and oxygen atoms in total. The van der Waals surface area contributed by atoms with Crippen LogP contribution in [0.4, 0.5) is 0 Å². The number of nitroso groups, excluding NO2 is 1. The van der Waals surface area contributed by atoms with Crippen LogP contribution in [0.25, 0.3) is 0 Å². The van der Waals surface area contributed by atoms with Crippen molar-refractivity contribution in [3.8, 4) is 12.3 Å². The molecule has 1 aliphatic rings. The van der Waals surface area contributed by atoms with Crippen LogP contribution in [0.2, 0.25) is 0 Å². The maximum Gasteiger partial charge on any atom is 0.220 e. The number of aliphatic hydroxyl groups is 4. The SMILES string of the molecule is C#CCNC(=O)CCCCOC(C)O.CCC.CN=O.OCC1C(O)C1O. The van der Waals surface area contributed by atoms with E-state index in [0.717, 1.165) is 12.8 Å². The number of nitrogens with zero attached hydrogens (tertiary/aromatic N) is 1. The molecule has 1 rings (SSSR count). The third kappa shape index (κ3) is 24.4. The van der Waals surface area contributed by atoms with Crippen LogP contribution >= 0.6 is 0 Å². The fourth-order valence-electron chi connectivity index (χ4n) is 1.43. The number of aliphatic hydroxyl groups excluding tert-OH is 4. The van der Waals surface area contributed by atoms with Gasteiger partial charge in [0.2, 0.25) is 5.91 Å². The van der Waals surface area contributed by atoms with Crippen molar-refractivity contribution in [2.75, 3.05) is 26.8 Å². The van der Waals surface area contributed by atoms with Gasteiger partial charge in [-0.3, -0.25) is 4.79 Å². The van der Waals surface area contributed by atoms with Crippen molar-refractivity contribution in [3.05, 3.63) is 4.91 Å². The van der Waals surface area contributed by atoms with E-state index in [-0.39, 0.29) is 25.0 Å². The second-order valence-electron chi connectivity index (χ2n) is 5.63. The molecule has 0 aromatic heterocycles. The minimum atomic E-state index is -0.731. The number of hydrogen-bond donors (Lipinski definition) is 5. The van der Waals surface area contributed by atoms with Gasteiger partial charge in [0, 0.05) is 18.9 Å². The summed E-state index contributed by atoms with van der Waals surface area (Å²) in [6, 6.07) is 0. The van der Waals surface area contributed by atoms with Crippen LogP contribution in [0.3, 0.4) is 0 Å². The quantitative estimate of drug-likeness (QED) is 0.174. The first-order valence-electron chi connectivity index (χ1n) is 8.95. The molecule has 0 saturated heterocycles. The number of terminal acetylenes is 1. The molecule has 0 aliphatic heterocycles. The maximum atomic E-state index is 11.0. The average Bonchev–Trinajstić information content (AvgIpc) is 3.19. The van der Waals surface area contributed by atoms with Crippen LogP contribution in [0.1, 0.15) is 46.5 Å². The van der Waals surface area contributed by atoms with Crippen molar-refractivity contribution in [1.29, 1.82) is 0 Å². The molecular weight excluding hydrogens is 356 g/mol. The van der Waals surface area contributed by atoms with Crippen molar-refractivity contribution >= 4 is 5.91 Å². The summed E-state index contributed by atoms with van der Waals surface area (Å²) >= 11 is 0. The highest BCUT2D eigenvalue weighted by Crippen LogP contribution is 2.29. The Labute approximate surface area is 162 Å². The van der Waals surface area contributed by atoms with Crippen molar-refractivity contribution in [2.45, 2.75) is 65.0 Å². The molecule has 27 heavy (non-hydrogen) atoms. The van der Waals surface area contributed by atoms with Gasteiger partial charge < -0.3 is 30.5 Å². The Morgan fingerprint density at radius 3 is 2.07 bits per heavy atom. The highest BCUT2D eigenvalue weighted by Gasteiger charge is 2.47. The van der Waals surface area contributed by atoms with Crippen LogP contribution in [0.5, 0.6) is 0 Å². The lowest BCUT2D eigenvalue weighted by molar-refractivity contribution is -0.121. The topological polar surface area (TPSA) is 149 Å². The first kappa shape index (κ1) is 30.2. The van der Waals surface area contributed by atoms with Gasteiger partial charge in [-0.25, -0.2) is 0 Å². The number of carbonyl (C=O) groups excluding carboxylic acids is 1. The monoisotopic (exact) mass is 392 g/mol. The molecule has 3 atom stereocenters. The second-order valence-corrected chi connectivity index (χ2v) is 5.63. The smallest absolute Gasteiger partial charge is 0.220 e. The number of unbranched alkanes of at least 4 members (excludes halogenated alkanes) is 1. The van der Waals surface area contributed by atoms with Gasteiger partial charge in [-0.1, -0.05) is 31.4 Å². The molecule has 1 aliphatic carbocycles. The van der Waals surface area contributed by atoms with E-state index in [9.17, 15) is 4.79 Å². The zero-order valence-corrected chi connectivity index (χ0v) is 16.8. The lowest BCUT2D eigenvalue weighted by atomic mass is 10.2. The normalized spacial score (nSPS) is 20.0. The van der Waals surface area contributed by atoms with Crippen LogP contribution < -0.4 is 5.32 Å². The van der Waals surface area contributed by atoms with Gasteiger partial charge in [-0.2, -0.15) is 4.91 Å². The second kappa shape index (κ2) is 22.5. The summed E-state index contributed by atoms with van der Waals surface area (Å²) in [5.41, 5.74) is 0. The summed E-state index contributed by atoms with van der Waals surface area (Å²) < 4.78 is 4.90. The van der Waals surface area contributed by atoms with E-state index in [1.807, 2.05) is 0 Å². The molecule has 0 aromatic rings. The molecule has 0 spiro atoms. The summed E-state index contributed by atoms with van der Waals surface area (Å²) in [5, 5.41) is 38.8. The summed E-state index contributed by atoms with van der Waals surface area (Å²) in [4.78, 5) is 19.6. The third-order valence-corrected chi connectivity index (χ3v) is 2.84. The predicted octanol–water partition coefficient (Wildman–Crippen LogP) is 0.390. The Bertz CT molecular complexity index is 378. The molecule has 0 radical (unpaired) electrons. The summed E-state index contributed by atoms with van der Waals surface area (Å²) in [5.74, 6) is 2.02. The number of rotatable bonds is 8. The van der Waals surface area contributed by atoms with E-state index in [0.29, 0.717) is 13.0 Å². The van der Waals surface area contributed by atoms with Crippen LogP contribution in [-0.2, 0) is 9.53 Å². The summed E-state index contributed by atoms with van der Waals surface area (Å²) in [6.45, 7) is 6.45. The maximum absolute atomic E-state index is 11.0. The van der Waals surface area contributed by atoms with Gasteiger partial charge in [0.05, 0.1) is 32.4 Å². The van der Waals surface area contributed by atoms with Crippen LogP contribution in [0, 0.1) is 23.2 Å². The minimum Gasteiger partial charge on any atom is -0.396 e. The van der Waals surface area contributed by atoms with Gasteiger partial charge >= 0.3 is 0 Å². The molecule has 1 fully saturated rings. The minimum absolute atomic E-state index is 0.0417. The molecule has 0 aromatic carbocycles. The van der Waals surface area contributed by atoms with Crippen LogP contribution in [-0.4, -0.2) is 71.6 Å². The van der Waals surface area contributed by atoms with Gasteiger partial charge in [0.15, 0.2) is 6.29 Å². The van der Waals surface area contributed by atoms with Crippen molar-refractivity contribution in [3.63, 3.8) is 0 Å². The van der Waals surface area contributed by atoms with E-state index < -0.39 is 18.5 Å². The van der Waals surface area contributed by atoms with E-state index in [1.165, 1.54) is 13.5 Å². The highest BCUT2D eigenvalue weighted by molar-refractivity contribution is 5.76. The molecule has 3 unspecified atom stereocenters. The van der Waals surface area contributed by atoms with E-state index in [2.05, 4.69) is 30.3 Å². The molecular formula is C18H36N2O7. The van der Waals surface area contributed by atoms with Gasteiger partial charge in [-0.05, 0) is 19.8 Å². The Hall–Kier alpha value is -1.57. The largest absolute Gasteiger partial charge is 0.396 e. The number of amides is 1. The van der Waals surface area contributed by atoms with Gasteiger partial charge in [0.25, 0.3) is 0 Å². The Balaban J connectivity index is -0.000000364. The van der Waals surface area contributed by atoms with E-state index in [4.69, 9.17) is 36.5 Å². The number of hydrogen-bond acceptors (Lipinski definition) is 8. The van der Waals surface area contributed by atoms with Crippen molar-refractivity contribution in [2.24, 2.45) is 11.1 Å². The Morgan fingerprint density at radius 1 is 1.30 bits per heavy atom. The average molecular weight is 392 g/mol. The first-order chi connectivity index (χ1) is 12.8. The number of carbonyl (C=O) groups is 1. The van der Waals surface area contributed by atoms with Crippen molar-refractivity contribution in [1.82, 2.24) is 5.32 Å². The zero-order chi connectivity index (χ0) is 21.7. The molecule has 0 bridgehead atoms. The molecule has 1 amide bonds. The summed E-state index contributed by atoms with van der Waals surface area (Å²) in [6.07, 6.45) is 6.12. The molecule has 160 valence electrons. The van der Waals surface area contributed by atoms with Crippen LogP contribution in [0.15, 0.2) is 5.18 Å². The lowest BCUT2D eigenvalue weighted by Gasteiger charge is -2.05. The number of ether oxygens (including phenoxy) is 1. The molecule has 5 N–H and O–H groups in total. The summed E-state index contributed by atoms with van der Waals surface area (Å²) in [7, 11) is 1.19. The van der Waals surface area contributed by atoms with E-state index >= 15 is 0 Å². The molecule has 1 saturated carbocycles. The fraction of sp³-hybridized carbons (Fsp3) is 0.833. The fourth-order valence-corrected chi connectivity index (χ4v) is 1.43. The standard InChI is InChI=1S/C10H17NO3.C4H8O3.C3H8.CH3NO/c1-3-7-11-10(13)6-4-5-8-14-9(2)12;5-1-2-3(6)4(2)7;1-3-2;1-2-3/h1,9,12H,4-8H2,2H3,(H,11,13);2-7H,1H2;3H2,1-2H3;1H3. The molecule has 0 heterocycles.